The van der Waals surface area contributed by atoms with Gasteiger partial charge >= 0.3 is 23.5 Å². The minimum Gasteiger partial charge on any atom is -0.756 e. The number of ketones is 1. The smallest absolute Gasteiger partial charge is 0.472 e. The van der Waals surface area contributed by atoms with Gasteiger partial charge in [-0.3, -0.25) is 41.2 Å². The third-order valence-electron chi connectivity index (χ3n) is 9.82. The van der Waals surface area contributed by atoms with Crippen molar-refractivity contribution in [1.82, 2.24) is 15.0 Å². The molecule has 3 rings (SSSR count). The molecule has 1 aromatic heterocycles. The van der Waals surface area contributed by atoms with Crippen molar-refractivity contribution in [2.45, 2.75) is 167 Å². The highest BCUT2D eigenvalue weighted by Crippen LogP contribution is 2.49. The van der Waals surface area contributed by atoms with Crippen LogP contribution >= 0.6 is 31.3 Å². The van der Waals surface area contributed by atoms with Gasteiger partial charge in [-0.2, -0.15) is 0 Å². The SMILES string of the molecule is CCC.CCOP(=O)(O)OC[C@H]1O[C@@H](C)C(OC)[C@H]1OP(=O)([O-])OCCCCCCCC(=O)CCCn1cc(CCCCOP(=O)(O)OC[C@H]2O[C@@H](C)C(OC)[C@H]2OP(=O)(O)OC)nn1. The Kier molecular flexibility index (Phi) is 28.4. The maximum atomic E-state index is 12.6. The Bertz CT molecular complexity index is 1690. The molecule has 28 heteroatoms. The lowest BCUT2D eigenvalue weighted by Crippen LogP contribution is -2.38. The number of hydrogen-bond donors (Lipinski definition) is 3. The first-order valence-electron chi connectivity index (χ1n) is 21.9. The summed E-state index contributed by atoms with van der Waals surface area (Å²) in [6, 6.07) is 0. The highest BCUT2D eigenvalue weighted by molar-refractivity contribution is 7.48. The van der Waals surface area contributed by atoms with Crippen LogP contribution in [0.4, 0.5) is 0 Å². The third kappa shape index (κ3) is 23.5. The summed E-state index contributed by atoms with van der Waals surface area (Å²) < 4.78 is 112. The molecule has 382 valence electrons. The normalized spacial score (nSPS) is 27.0. The van der Waals surface area contributed by atoms with Crippen LogP contribution in [-0.2, 0) is 91.2 Å². The second-order valence-corrected chi connectivity index (χ2v) is 21.1. The molecule has 0 aliphatic carbocycles. The summed E-state index contributed by atoms with van der Waals surface area (Å²) in [4.78, 5) is 54.6. The second-order valence-electron chi connectivity index (χ2n) is 15.3. The van der Waals surface area contributed by atoms with Gasteiger partial charge in [-0.05, 0) is 59.3 Å². The lowest BCUT2D eigenvalue weighted by molar-refractivity contribution is -0.234. The van der Waals surface area contributed by atoms with Gasteiger partial charge in [0.2, 0.25) is 0 Å². The molecular weight excluding hydrogens is 946 g/mol. The van der Waals surface area contributed by atoms with E-state index in [4.69, 9.17) is 46.1 Å². The molecule has 0 saturated carbocycles. The van der Waals surface area contributed by atoms with Crippen molar-refractivity contribution < 1.29 is 97.8 Å². The number of hydrogen-bond acceptors (Lipinski definition) is 20. The highest BCUT2D eigenvalue weighted by atomic mass is 31.2. The van der Waals surface area contributed by atoms with Crippen LogP contribution in [0.5, 0.6) is 0 Å². The van der Waals surface area contributed by atoms with E-state index in [1.165, 1.54) is 27.6 Å². The van der Waals surface area contributed by atoms with Crippen molar-refractivity contribution in [2.24, 2.45) is 0 Å². The molecule has 2 saturated heterocycles. The maximum Gasteiger partial charge on any atom is 0.472 e. The molecule has 2 fully saturated rings. The molecule has 0 bridgehead atoms. The average Bonchev–Trinajstić information content (AvgIpc) is 3.90. The number of carbonyl (C=O) groups excluding carboxylic acids is 1. The minimum atomic E-state index is -4.80. The molecular formula is C37H72N3O21P4-. The number of rotatable bonds is 34. The van der Waals surface area contributed by atoms with E-state index in [0.717, 1.165) is 20.0 Å². The molecule has 6 unspecified atom stereocenters. The van der Waals surface area contributed by atoms with Gasteiger partial charge in [0.25, 0.3) is 7.82 Å². The van der Waals surface area contributed by atoms with E-state index in [1.54, 1.807) is 24.7 Å². The van der Waals surface area contributed by atoms with Gasteiger partial charge in [0.1, 0.15) is 42.4 Å². The molecule has 65 heavy (non-hydrogen) atoms. The van der Waals surface area contributed by atoms with Gasteiger partial charge < -0.3 is 47.6 Å². The molecule has 3 N–H and O–H groups in total. The summed E-state index contributed by atoms with van der Waals surface area (Å²) in [5.41, 5.74) is 0.714. The van der Waals surface area contributed by atoms with Crippen LogP contribution < -0.4 is 4.89 Å². The second kappa shape index (κ2) is 30.6. The Morgan fingerprint density at radius 1 is 0.692 bits per heavy atom. The molecule has 2 aliphatic rings. The standard InChI is InChI=1S/C34H65N3O21P4.C3H8/c1-7-50-60(41,42)53-23-30-34(32(48-5)26(3)56-30)58-62(45,46)52-20-13-10-8-9-11-17-28(38)18-15-19-37-22-27(35-36-37)16-12-14-21-51-61(43,44)54-24-29-33(57-59(39,40)49-6)31(47-4)25(2)55-29;1-3-2/h22,25-26,29-34H,7-21,23-24H2,1-6H3,(H,39,40)(H,41,42)(H,43,44)(H,45,46);3H2,1-2H3/p-1/t25-,26-,29+,30+,31?,32?,33-,34-;/m0./s1. The number of aromatic nitrogens is 3. The predicted molar refractivity (Wildman–Crippen MR) is 230 cm³/mol. The molecule has 12 atom stereocenters. The Morgan fingerprint density at radius 3 is 1.77 bits per heavy atom. The van der Waals surface area contributed by atoms with E-state index in [1.807, 2.05) is 0 Å². The fourth-order valence-corrected chi connectivity index (χ4v) is 9.91. The summed E-state index contributed by atoms with van der Waals surface area (Å²) in [6.07, 6.45) is 2.29. The van der Waals surface area contributed by atoms with E-state index in [0.29, 0.717) is 70.0 Å². The minimum absolute atomic E-state index is 0.0652. The summed E-state index contributed by atoms with van der Waals surface area (Å²) in [7, 11) is -14.3. The van der Waals surface area contributed by atoms with Gasteiger partial charge in [-0.25, -0.2) is 13.7 Å². The number of methoxy groups -OCH3 is 2. The van der Waals surface area contributed by atoms with E-state index in [2.05, 4.69) is 33.2 Å². The Balaban J connectivity index is 0.00000470. The first-order valence-corrected chi connectivity index (χ1v) is 27.8. The Morgan fingerprint density at radius 2 is 1.20 bits per heavy atom. The van der Waals surface area contributed by atoms with Crippen LogP contribution in [0.1, 0.15) is 111 Å². The van der Waals surface area contributed by atoms with E-state index >= 15 is 0 Å². The van der Waals surface area contributed by atoms with Gasteiger partial charge in [0, 0.05) is 46.9 Å². The van der Waals surface area contributed by atoms with Gasteiger partial charge in [-0.15, -0.1) is 5.10 Å². The maximum absolute atomic E-state index is 12.6. The highest BCUT2D eigenvalue weighted by Gasteiger charge is 2.48. The van der Waals surface area contributed by atoms with Crippen LogP contribution in [0.3, 0.4) is 0 Å². The van der Waals surface area contributed by atoms with Crippen molar-refractivity contribution in [1.29, 1.82) is 0 Å². The molecule has 0 aromatic carbocycles. The van der Waals surface area contributed by atoms with Crippen molar-refractivity contribution in [3.05, 3.63) is 11.9 Å². The Hall–Kier alpha value is -0.910. The summed E-state index contributed by atoms with van der Waals surface area (Å²) in [6.45, 7) is 8.36. The van der Waals surface area contributed by atoms with Gasteiger partial charge in [0.15, 0.2) is 0 Å². The van der Waals surface area contributed by atoms with E-state index in [9.17, 15) is 42.6 Å². The van der Waals surface area contributed by atoms with Crippen LogP contribution in [0.15, 0.2) is 6.20 Å². The number of Topliss-reactive ketones (excluding diaryl/α,β-unsaturated/α-hetero) is 1. The largest absolute Gasteiger partial charge is 0.756 e. The van der Waals surface area contributed by atoms with Gasteiger partial charge in [-0.1, -0.05) is 44.7 Å². The van der Waals surface area contributed by atoms with E-state index < -0.39 is 93.3 Å². The summed E-state index contributed by atoms with van der Waals surface area (Å²) >= 11 is 0. The van der Waals surface area contributed by atoms with Crippen molar-refractivity contribution in [3.8, 4) is 0 Å². The number of carbonyl (C=O) groups is 1. The average molecular weight is 1020 g/mol. The monoisotopic (exact) mass is 1020 g/mol. The fraction of sp³-hybridized carbons (Fsp3) is 0.919. The van der Waals surface area contributed by atoms with Crippen molar-refractivity contribution in [3.63, 3.8) is 0 Å². The molecule has 0 amide bonds. The lowest BCUT2D eigenvalue weighted by Gasteiger charge is -2.30. The van der Waals surface area contributed by atoms with Crippen LogP contribution in [-0.4, -0.2) is 139 Å². The number of unbranched alkanes of at least 4 members (excludes halogenated alkanes) is 5. The van der Waals surface area contributed by atoms with Crippen molar-refractivity contribution in [2.75, 3.05) is 54.4 Å². The van der Waals surface area contributed by atoms with Crippen LogP contribution in [0, 0.1) is 0 Å². The molecule has 0 radical (unpaired) electrons. The number of phosphoric acid groups is 4. The van der Waals surface area contributed by atoms with E-state index in [-0.39, 0.29) is 25.6 Å². The first-order chi connectivity index (χ1) is 30.7. The molecule has 24 nitrogen and oxygen atoms in total. The first kappa shape index (κ1) is 60.2. The number of phosphoric ester groups is 4. The van der Waals surface area contributed by atoms with Crippen molar-refractivity contribution >= 4 is 37.1 Å². The van der Waals surface area contributed by atoms with Gasteiger partial charge in [0.05, 0.1) is 50.9 Å². The number of ether oxygens (including phenoxy) is 4. The molecule has 1 aromatic rings. The zero-order valence-electron chi connectivity index (χ0n) is 38.7. The summed E-state index contributed by atoms with van der Waals surface area (Å²) in [5.74, 6) is 0.131. The van der Waals surface area contributed by atoms with Crippen LogP contribution in [0.2, 0.25) is 0 Å². The zero-order chi connectivity index (χ0) is 48.7. The Labute approximate surface area is 382 Å². The summed E-state index contributed by atoms with van der Waals surface area (Å²) in [5, 5.41) is 8.25. The number of aryl methyl sites for hydroxylation is 2. The molecule has 3 heterocycles. The molecule has 0 spiro atoms. The predicted octanol–water partition coefficient (Wildman–Crippen LogP) is 5.60. The number of nitrogens with zero attached hydrogens (tertiary/aromatic N) is 3. The topological polar surface area (TPSA) is 311 Å². The molecule has 2 aliphatic heterocycles. The lowest BCUT2D eigenvalue weighted by atomic mass is 10.1. The fourth-order valence-electron chi connectivity index (χ4n) is 6.79. The zero-order valence-corrected chi connectivity index (χ0v) is 42.3. The quantitative estimate of drug-likeness (QED) is 0.0559. The third-order valence-corrected chi connectivity index (χ3v) is 13.8. The van der Waals surface area contributed by atoms with Crippen LogP contribution in [0.25, 0.3) is 0 Å².